The summed E-state index contributed by atoms with van der Waals surface area (Å²) in [5.41, 5.74) is 0. The van der Waals surface area contributed by atoms with Crippen LogP contribution in [0.4, 0.5) is 0 Å². The minimum atomic E-state index is 0.217. The first-order valence-electron chi connectivity index (χ1n) is 6.04. The van der Waals surface area contributed by atoms with Gasteiger partial charge in [0.05, 0.1) is 6.61 Å². The van der Waals surface area contributed by atoms with Crippen molar-refractivity contribution in [2.24, 2.45) is 0 Å². The number of fused-ring (bicyclic) bond motifs is 2. The van der Waals surface area contributed by atoms with Crippen LogP contribution in [0.2, 0.25) is 0 Å². The Morgan fingerprint density at radius 1 is 0.833 bits per heavy atom. The van der Waals surface area contributed by atoms with Gasteiger partial charge in [-0.3, -0.25) is 0 Å². The average Bonchev–Trinajstić information content (AvgIpc) is 2.43. The molecule has 0 aliphatic rings. The Kier molecular flexibility index (Phi) is 3.22. The lowest BCUT2D eigenvalue weighted by Gasteiger charge is -2.07. The van der Waals surface area contributed by atoms with Crippen LogP contribution in [0.5, 0.6) is 0 Å². The molecule has 0 atom stereocenters. The van der Waals surface area contributed by atoms with Crippen LogP contribution in [0.15, 0.2) is 59.5 Å². The zero-order valence-electron chi connectivity index (χ0n) is 9.97. The summed E-state index contributed by atoms with van der Waals surface area (Å²) in [7, 11) is 0. The van der Waals surface area contributed by atoms with Gasteiger partial charge >= 0.3 is 0 Å². The topological polar surface area (TPSA) is 20.2 Å². The van der Waals surface area contributed by atoms with E-state index in [1.165, 1.54) is 26.4 Å². The van der Waals surface area contributed by atoms with Gasteiger partial charge in [0, 0.05) is 10.6 Å². The molecule has 0 amide bonds. The van der Waals surface area contributed by atoms with E-state index < -0.39 is 0 Å². The molecule has 0 fully saturated rings. The third kappa shape index (κ3) is 2.09. The van der Waals surface area contributed by atoms with Crippen molar-refractivity contribution in [3.8, 4) is 0 Å². The highest BCUT2D eigenvalue weighted by molar-refractivity contribution is 7.99. The van der Waals surface area contributed by atoms with Crippen molar-refractivity contribution in [3.05, 3.63) is 54.6 Å². The van der Waals surface area contributed by atoms with Gasteiger partial charge in [-0.05, 0) is 39.7 Å². The van der Waals surface area contributed by atoms with Crippen LogP contribution < -0.4 is 0 Å². The van der Waals surface area contributed by atoms with Gasteiger partial charge in [-0.2, -0.15) is 0 Å². The molecule has 0 bridgehead atoms. The molecule has 3 aromatic carbocycles. The molecule has 3 aromatic rings. The van der Waals surface area contributed by atoms with Crippen LogP contribution >= 0.6 is 11.8 Å². The number of hydrogen-bond acceptors (Lipinski definition) is 2. The molecule has 0 saturated carbocycles. The maximum absolute atomic E-state index is 8.95. The molecule has 0 unspecified atom stereocenters. The molecule has 0 radical (unpaired) electrons. The quantitative estimate of drug-likeness (QED) is 0.561. The Balaban J connectivity index is 2.22. The standard InChI is InChI=1S/C16H14OS/c17-8-9-18-16-7-3-6-14-10-12-4-1-2-5-13(12)11-15(14)16/h1-7,10-11,17H,8-9H2. The number of benzene rings is 3. The highest BCUT2D eigenvalue weighted by atomic mass is 32.2. The summed E-state index contributed by atoms with van der Waals surface area (Å²) in [6.07, 6.45) is 0. The fraction of sp³-hybridized carbons (Fsp3) is 0.125. The molecule has 1 nitrogen and oxygen atoms in total. The zero-order valence-corrected chi connectivity index (χ0v) is 10.8. The first-order chi connectivity index (χ1) is 8.88. The molecule has 18 heavy (non-hydrogen) atoms. The minimum Gasteiger partial charge on any atom is -0.396 e. The molecular weight excluding hydrogens is 240 g/mol. The number of thioether (sulfide) groups is 1. The molecule has 0 saturated heterocycles. The number of hydrogen-bond donors (Lipinski definition) is 1. The van der Waals surface area contributed by atoms with E-state index in [2.05, 4.69) is 54.6 Å². The van der Waals surface area contributed by atoms with Crippen LogP contribution in [-0.4, -0.2) is 17.5 Å². The van der Waals surface area contributed by atoms with E-state index >= 15 is 0 Å². The lowest BCUT2D eigenvalue weighted by Crippen LogP contribution is -1.86. The fourth-order valence-electron chi connectivity index (χ4n) is 2.22. The second-order valence-electron chi connectivity index (χ2n) is 4.25. The van der Waals surface area contributed by atoms with Crippen molar-refractivity contribution < 1.29 is 5.11 Å². The van der Waals surface area contributed by atoms with Gasteiger partial charge in [0.25, 0.3) is 0 Å². The summed E-state index contributed by atoms with van der Waals surface area (Å²) in [5.74, 6) is 0.742. The fourth-order valence-corrected chi connectivity index (χ4v) is 3.04. The molecule has 1 N–H and O–H groups in total. The number of rotatable bonds is 3. The van der Waals surface area contributed by atoms with Crippen molar-refractivity contribution in [2.45, 2.75) is 4.90 Å². The molecular formula is C16H14OS. The van der Waals surface area contributed by atoms with Gasteiger partial charge < -0.3 is 5.11 Å². The third-order valence-corrected chi connectivity index (χ3v) is 4.11. The highest BCUT2D eigenvalue weighted by Crippen LogP contribution is 2.30. The Morgan fingerprint density at radius 2 is 1.56 bits per heavy atom. The summed E-state index contributed by atoms with van der Waals surface area (Å²) in [4.78, 5) is 1.24. The Hall–Kier alpha value is -1.51. The van der Waals surface area contributed by atoms with Crippen LogP contribution in [0.1, 0.15) is 0 Å². The van der Waals surface area contributed by atoms with E-state index in [-0.39, 0.29) is 6.61 Å². The van der Waals surface area contributed by atoms with Crippen molar-refractivity contribution >= 4 is 33.3 Å². The van der Waals surface area contributed by atoms with Gasteiger partial charge in [0.1, 0.15) is 0 Å². The SMILES string of the molecule is OCCSc1cccc2cc3ccccc3cc12. The molecule has 0 aromatic heterocycles. The lowest BCUT2D eigenvalue weighted by atomic mass is 10.0. The van der Waals surface area contributed by atoms with Crippen LogP contribution in [0.25, 0.3) is 21.5 Å². The highest BCUT2D eigenvalue weighted by Gasteiger charge is 2.03. The number of aliphatic hydroxyl groups is 1. The monoisotopic (exact) mass is 254 g/mol. The summed E-state index contributed by atoms with van der Waals surface area (Å²) >= 11 is 1.71. The molecule has 0 spiro atoms. The molecule has 0 heterocycles. The van der Waals surface area contributed by atoms with E-state index in [1.54, 1.807) is 11.8 Å². The Labute approximate surface area is 110 Å². The normalized spacial score (nSPS) is 11.2. The predicted octanol–water partition coefficient (Wildman–Crippen LogP) is 4.08. The first-order valence-corrected chi connectivity index (χ1v) is 7.02. The second kappa shape index (κ2) is 5.01. The van der Waals surface area contributed by atoms with Crippen molar-refractivity contribution in [1.29, 1.82) is 0 Å². The second-order valence-corrected chi connectivity index (χ2v) is 5.39. The lowest BCUT2D eigenvalue weighted by molar-refractivity contribution is 0.322. The minimum absolute atomic E-state index is 0.217. The predicted molar refractivity (Wildman–Crippen MR) is 79.3 cm³/mol. The first kappa shape index (κ1) is 11.6. The zero-order chi connectivity index (χ0) is 12.4. The maximum atomic E-state index is 8.95. The summed E-state index contributed by atoms with van der Waals surface area (Å²) in [6.45, 7) is 0.217. The van der Waals surface area contributed by atoms with Crippen molar-refractivity contribution in [2.75, 3.05) is 12.4 Å². The van der Waals surface area contributed by atoms with Crippen LogP contribution in [0, 0.1) is 0 Å². The summed E-state index contributed by atoms with van der Waals surface area (Å²) in [6, 6.07) is 19.2. The van der Waals surface area contributed by atoms with Gasteiger partial charge in [0.2, 0.25) is 0 Å². The largest absolute Gasteiger partial charge is 0.396 e. The molecule has 3 rings (SSSR count). The summed E-state index contributed by atoms with van der Waals surface area (Å²) in [5, 5.41) is 14.0. The summed E-state index contributed by atoms with van der Waals surface area (Å²) < 4.78 is 0. The van der Waals surface area contributed by atoms with Gasteiger partial charge in [0.15, 0.2) is 0 Å². The third-order valence-electron chi connectivity index (χ3n) is 3.06. The van der Waals surface area contributed by atoms with Crippen LogP contribution in [-0.2, 0) is 0 Å². The molecule has 90 valence electrons. The smallest absolute Gasteiger partial charge is 0.0525 e. The van der Waals surface area contributed by atoms with Crippen LogP contribution in [0.3, 0.4) is 0 Å². The molecule has 0 aliphatic carbocycles. The van der Waals surface area contributed by atoms with E-state index in [9.17, 15) is 0 Å². The number of aliphatic hydroxyl groups excluding tert-OH is 1. The van der Waals surface area contributed by atoms with Gasteiger partial charge in [-0.1, -0.05) is 36.4 Å². The van der Waals surface area contributed by atoms with Gasteiger partial charge in [-0.25, -0.2) is 0 Å². The molecule has 2 heteroatoms. The van der Waals surface area contributed by atoms with E-state index in [1.807, 2.05) is 0 Å². The van der Waals surface area contributed by atoms with E-state index in [4.69, 9.17) is 5.11 Å². The average molecular weight is 254 g/mol. The Bertz CT molecular complexity index is 691. The van der Waals surface area contributed by atoms with E-state index in [0.29, 0.717) is 0 Å². The van der Waals surface area contributed by atoms with E-state index in [0.717, 1.165) is 5.75 Å². The van der Waals surface area contributed by atoms with Crippen molar-refractivity contribution in [1.82, 2.24) is 0 Å². The molecule has 0 aliphatic heterocycles. The van der Waals surface area contributed by atoms with Crippen molar-refractivity contribution in [3.63, 3.8) is 0 Å². The van der Waals surface area contributed by atoms with Gasteiger partial charge in [-0.15, -0.1) is 11.8 Å². The Morgan fingerprint density at radius 3 is 2.33 bits per heavy atom. The maximum Gasteiger partial charge on any atom is 0.0525 e.